The molecule has 1 N–H and O–H groups in total. The van der Waals surface area contributed by atoms with Crippen LogP contribution in [0.15, 0.2) is 91.0 Å². The number of halogens is 9. The number of rotatable bonds is 6. The summed E-state index contributed by atoms with van der Waals surface area (Å²) < 4.78 is 123. The largest absolute Gasteiger partial charge is 0.419 e. The minimum atomic E-state index is -5.15. The van der Waals surface area contributed by atoms with Gasteiger partial charge >= 0.3 is 12.4 Å². The van der Waals surface area contributed by atoms with Crippen LogP contribution in [0.2, 0.25) is 0 Å². The van der Waals surface area contributed by atoms with Crippen molar-refractivity contribution in [2.75, 3.05) is 0 Å². The fraction of sp³-hybridized carbons (Fsp3) is 0.138. The van der Waals surface area contributed by atoms with Crippen molar-refractivity contribution in [3.63, 3.8) is 0 Å². The second kappa shape index (κ2) is 10.7. The standard InChI is InChI=1S/C29H18F9NO/c30-22-9-7-19(8-10-22)27(16-17-4-2-1-3-5-17,20-13-21(28(33,34)35)15-23(31)14-20)39-26(40)18-6-11-25(32)24(12-18)29(36,37)38/h1-15H,16H2,(H,39,40)/t27-/m0/s1. The van der Waals surface area contributed by atoms with E-state index < -0.39 is 63.5 Å². The summed E-state index contributed by atoms with van der Waals surface area (Å²) in [5, 5.41) is 2.47. The molecule has 0 spiro atoms. The molecule has 208 valence electrons. The molecule has 0 fully saturated rings. The Kier molecular flexibility index (Phi) is 7.69. The zero-order valence-electron chi connectivity index (χ0n) is 20.2. The van der Waals surface area contributed by atoms with E-state index in [1.165, 1.54) is 0 Å². The lowest BCUT2D eigenvalue weighted by molar-refractivity contribution is -0.140. The maximum absolute atomic E-state index is 14.7. The molecule has 1 atom stereocenters. The van der Waals surface area contributed by atoms with E-state index in [4.69, 9.17) is 0 Å². The first-order chi connectivity index (χ1) is 18.7. The fourth-order valence-corrected chi connectivity index (χ4v) is 4.35. The molecule has 1 amide bonds. The van der Waals surface area contributed by atoms with Crippen molar-refractivity contribution < 1.29 is 44.3 Å². The summed E-state index contributed by atoms with van der Waals surface area (Å²) in [5.74, 6) is -4.91. The number of hydrogen-bond donors (Lipinski definition) is 1. The van der Waals surface area contributed by atoms with Gasteiger partial charge in [-0.15, -0.1) is 0 Å². The predicted octanol–water partition coefficient (Wildman–Crippen LogP) is 8.06. The third kappa shape index (κ3) is 6.13. The molecule has 4 aromatic rings. The Bertz CT molecular complexity index is 1510. The maximum Gasteiger partial charge on any atom is 0.419 e. The minimum absolute atomic E-state index is 0.00276. The SMILES string of the molecule is O=C(N[C@@](Cc1ccccc1)(c1ccc(F)cc1)c1cc(F)cc(C(F)(F)F)c1)c1ccc(F)c(C(F)(F)F)c1. The third-order valence-corrected chi connectivity index (χ3v) is 6.23. The third-order valence-electron chi connectivity index (χ3n) is 6.23. The van der Waals surface area contributed by atoms with Crippen LogP contribution in [0.4, 0.5) is 39.5 Å². The number of nitrogens with one attached hydrogen (secondary N) is 1. The molecule has 0 saturated carbocycles. The van der Waals surface area contributed by atoms with Crippen molar-refractivity contribution in [2.24, 2.45) is 0 Å². The Morgan fingerprint density at radius 1 is 0.625 bits per heavy atom. The van der Waals surface area contributed by atoms with Gasteiger partial charge in [0.15, 0.2) is 0 Å². The van der Waals surface area contributed by atoms with Crippen LogP contribution in [-0.4, -0.2) is 5.91 Å². The molecule has 0 aliphatic rings. The van der Waals surface area contributed by atoms with Gasteiger partial charge in [0.25, 0.3) is 5.91 Å². The van der Waals surface area contributed by atoms with Crippen molar-refractivity contribution in [2.45, 2.75) is 24.3 Å². The molecule has 4 rings (SSSR count). The Hall–Kier alpha value is -4.28. The average molecular weight is 567 g/mol. The lowest BCUT2D eigenvalue weighted by atomic mass is 9.77. The van der Waals surface area contributed by atoms with Gasteiger partial charge in [-0.25, -0.2) is 13.2 Å². The van der Waals surface area contributed by atoms with Crippen molar-refractivity contribution in [1.82, 2.24) is 5.32 Å². The topological polar surface area (TPSA) is 29.1 Å². The molecule has 2 nitrogen and oxygen atoms in total. The number of benzene rings is 4. The Morgan fingerprint density at radius 2 is 1.25 bits per heavy atom. The van der Waals surface area contributed by atoms with E-state index in [9.17, 15) is 44.3 Å². The van der Waals surface area contributed by atoms with E-state index in [0.717, 1.165) is 36.4 Å². The minimum Gasteiger partial charge on any atom is -0.338 e. The Labute approximate surface area is 222 Å². The summed E-state index contributed by atoms with van der Waals surface area (Å²) in [6, 6.07) is 15.2. The van der Waals surface area contributed by atoms with Crippen LogP contribution in [0.25, 0.3) is 0 Å². The van der Waals surface area contributed by atoms with Crippen LogP contribution in [0.3, 0.4) is 0 Å². The van der Waals surface area contributed by atoms with Gasteiger partial charge in [0, 0.05) is 12.0 Å². The van der Waals surface area contributed by atoms with Crippen molar-refractivity contribution in [3.05, 3.63) is 142 Å². The summed E-state index contributed by atoms with van der Waals surface area (Å²) in [7, 11) is 0. The second-order valence-electron chi connectivity index (χ2n) is 8.95. The highest BCUT2D eigenvalue weighted by atomic mass is 19.4. The van der Waals surface area contributed by atoms with Crippen molar-refractivity contribution in [1.29, 1.82) is 0 Å². The normalized spacial score (nSPS) is 13.5. The number of amides is 1. The molecule has 40 heavy (non-hydrogen) atoms. The summed E-state index contributed by atoms with van der Waals surface area (Å²) >= 11 is 0. The second-order valence-corrected chi connectivity index (χ2v) is 8.95. The van der Waals surface area contributed by atoms with Crippen LogP contribution in [0.1, 0.15) is 38.2 Å². The fourth-order valence-electron chi connectivity index (χ4n) is 4.35. The first kappa shape index (κ1) is 28.7. The van der Waals surface area contributed by atoms with Crippen LogP contribution >= 0.6 is 0 Å². The molecule has 0 aliphatic carbocycles. The van der Waals surface area contributed by atoms with Gasteiger partial charge in [-0.05, 0) is 65.2 Å². The number of hydrogen-bond acceptors (Lipinski definition) is 1. The van der Waals surface area contributed by atoms with E-state index >= 15 is 0 Å². The lowest BCUT2D eigenvalue weighted by Crippen LogP contribution is -2.49. The first-order valence-electron chi connectivity index (χ1n) is 11.6. The summed E-state index contributed by atoms with van der Waals surface area (Å²) in [6.45, 7) is 0. The highest BCUT2D eigenvalue weighted by molar-refractivity contribution is 5.95. The van der Waals surface area contributed by atoms with E-state index in [0.29, 0.717) is 17.7 Å². The molecule has 0 bridgehead atoms. The molecule has 11 heteroatoms. The molecule has 0 radical (unpaired) electrons. The highest BCUT2D eigenvalue weighted by Gasteiger charge is 2.41. The summed E-state index contributed by atoms with van der Waals surface area (Å²) in [4.78, 5) is 13.4. The molecule has 0 saturated heterocycles. The molecule has 4 aromatic carbocycles. The van der Waals surface area contributed by atoms with Crippen LogP contribution < -0.4 is 5.32 Å². The number of alkyl halides is 6. The van der Waals surface area contributed by atoms with Gasteiger partial charge in [0.1, 0.15) is 17.5 Å². The summed E-state index contributed by atoms with van der Waals surface area (Å²) in [6.07, 6.45) is -10.5. The molecular weight excluding hydrogens is 549 g/mol. The zero-order chi connectivity index (χ0) is 29.3. The summed E-state index contributed by atoms with van der Waals surface area (Å²) in [5.41, 5.74) is -5.83. The quantitative estimate of drug-likeness (QED) is 0.235. The zero-order valence-corrected chi connectivity index (χ0v) is 20.2. The van der Waals surface area contributed by atoms with Gasteiger partial charge < -0.3 is 5.32 Å². The molecular formula is C29H18F9NO. The van der Waals surface area contributed by atoms with Crippen LogP contribution in [0.5, 0.6) is 0 Å². The lowest BCUT2D eigenvalue weighted by Gasteiger charge is -2.37. The van der Waals surface area contributed by atoms with Crippen LogP contribution in [-0.2, 0) is 24.3 Å². The average Bonchev–Trinajstić information content (AvgIpc) is 2.88. The highest BCUT2D eigenvalue weighted by Crippen LogP contribution is 2.39. The van der Waals surface area contributed by atoms with Gasteiger partial charge in [0.2, 0.25) is 0 Å². The number of carbonyl (C=O) groups is 1. The number of carbonyl (C=O) groups excluding carboxylic acids is 1. The van der Waals surface area contributed by atoms with Gasteiger partial charge in [0.05, 0.1) is 16.7 Å². The van der Waals surface area contributed by atoms with E-state index in [1.807, 2.05) is 0 Å². The monoisotopic (exact) mass is 567 g/mol. The van der Waals surface area contributed by atoms with Crippen molar-refractivity contribution >= 4 is 5.91 Å². The van der Waals surface area contributed by atoms with E-state index in [2.05, 4.69) is 5.32 Å². The van der Waals surface area contributed by atoms with Gasteiger partial charge in [-0.3, -0.25) is 4.79 Å². The molecule has 0 aliphatic heterocycles. The van der Waals surface area contributed by atoms with Crippen molar-refractivity contribution in [3.8, 4) is 0 Å². The van der Waals surface area contributed by atoms with Gasteiger partial charge in [-0.2, -0.15) is 26.3 Å². The Balaban J connectivity index is 1.98. The van der Waals surface area contributed by atoms with Crippen LogP contribution in [0, 0.1) is 17.5 Å². The van der Waals surface area contributed by atoms with E-state index in [1.54, 1.807) is 30.3 Å². The Morgan fingerprint density at radius 3 is 1.85 bits per heavy atom. The maximum atomic E-state index is 14.7. The molecule has 0 aromatic heterocycles. The smallest absolute Gasteiger partial charge is 0.338 e. The van der Waals surface area contributed by atoms with E-state index in [-0.39, 0.29) is 24.1 Å². The van der Waals surface area contributed by atoms with Gasteiger partial charge in [-0.1, -0.05) is 42.5 Å². The first-order valence-corrected chi connectivity index (χ1v) is 11.6. The predicted molar refractivity (Wildman–Crippen MR) is 128 cm³/mol. The molecule has 0 unspecified atom stereocenters. The molecule has 0 heterocycles.